The molecule has 0 saturated carbocycles. The minimum absolute atomic E-state index is 0.0558. The first-order valence-electron chi connectivity index (χ1n) is 7.88. The zero-order valence-electron chi connectivity index (χ0n) is 14.5. The number of sulfonamides is 1. The van der Waals surface area contributed by atoms with Crippen molar-refractivity contribution in [2.24, 2.45) is 5.73 Å². The quantitative estimate of drug-likeness (QED) is 0.694. The molecule has 0 atom stereocenters. The van der Waals surface area contributed by atoms with E-state index in [4.69, 9.17) is 5.73 Å². The van der Waals surface area contributed by atoms with Crippen molar-refractivity contribution in [1.82, 2.24) is 0 Å². The molecule has 0 bridgehead atoms. The van der Waals surface area contributed by atoms with Crippen LogP contribution in [0, 0.1) is 0 Å². The van der Waals surface area contributed by atoms with E-state index in [0.717, 1.165) is 0 Å². The minimum Gasteiger partial charge on any atom is -0.370 e. The lowest BCUT2D eigenvalue weighted by molar-refractivity contribution is -0.143. The molecule has 1 amide bonds. The van der Waals surface area contributed by atoms with Crippen LogP contribution in [-0.4, -0.2) is 20.9 Å². The first-order chi connectivity index (χ1) is 13.2. The molecule has 0 aliphatic carbocycles. The maximum absolute atomic E-state index is 13.1. The highest BCUT2D eigenvalue weighted by atomic mass is 32.2. The van der Waals surface area contributed by atoms with Gasteiger partial charge in [0, 0.05) is 13.0 Å². The van der Waals surface area contributed by atoms with E-state index in [1.165, 1.54) is 30.3 Å². The van der Waals surface area contributed by atoms with Crippen LogP contribution < -0.4 is 10.0 Å². The van der Waals surface area contributed by atoms with Gasteiger partial charge in [-0.05, 0) is 30.3 Å². The summed E-state index contributed by atoms with van der Waals surface area (Å²) >= 11 is 0. The Bertz CT molecular complexity index is 956. The summed E-state index contributed by atoms with van der Waals surface area (Å²) in [5.74, 6) is -0.902. The molecule has 0 unspecified atom stereocenters. The van der Waals surface area contributed by atoms with Gasteiger partial charge >= 0.3 is 12.4 Å². The Kier molecular flexibility index (Phi) is 6.16. The topological polar surface area (TPSA) is 80.5 Å². The number of halogens is 6. The van der Waals surface area contributed by atoms with Gasteiger partial charge in [0.25, 0.3) is 10.0 Å². The second kappa shape index (κ2) is 7.93. The normalized spacial score (nSPS) is 12.6. The Morgan fingerprint density at radius 2 is 1.38 bits per heavy atom. The third kappa shape index (κ3) is 5.40. The number of para-hydroxylation sites is 1. The van der Waals surface area contributed by atoms with Gasteiger partial charge in [-0.1, -0.05) is 18.2 Å². The summed E-state index contributed by atoms with van der Waals surface area (Å²) in [4.78, 5) is 9.86. The fourth-order valence-corrected chi connectivity index (χ4v) is 3.93. The van der Waals surface area contributed by atoms with Crippen molar-refractivity contribution in [1.29, 1.82) is 0 Å². The van der Waals surface area contributed by atoms with E-state index in [1.807, 2.05) is 0 Å². The van der Waals surface area contributed by atoms with Crippen LogP contribution in [-0.2, 0) is 27.2 Å². The maximum atomic E-state index is 13.1. The van der Waals surface area contributed by atoms with Crippen LogP contribution in [0.2, 0.25) is 0 Å². The number of amides is 1. The molecule has 2 N–H and O–H groups in total. The number of anilines is 1. The Hall–Kier alpha value is -2.76. The summed E-state index contributed by atoms with van der Waals surface area (Å²) in [5.41, 5.74) is 1.41. The molecule has 0 aliphatic rings. The van der Waals surface area contributed by atoms with Gasteiger partial charge in [-0.3, -0.25) is 9.10 Å². The highest BCUT2D eigenvalue weighted by Gasteiger charge is 2.39. The Balaban J connectivity index is 2.68. The smallest absolute Gasteiger partial charge is 0.370 e. The zero-order valence-corrected chi connectivity index (χ0v) is 15.3. The summed E-state index contributed by atoms with van der Waals surface area (Å²) in [6.07, 6.45) is -10.9. The van der Waals surface area contributed by atoms with E-state index in [1.54, 1.807) is 0 Å². The van der Waals surface area contributed by atoms with Crippen molar-refractivity contribution in [2.75, 3.05) is 10.8 Å². The standard InChI is InChI=1S/C17H14F6N2O3S/c18-16(19,20)11-8-12(17(21,22)23)10-14(9-11)29(27,28)25(7-6-15(24)26)13-4-2-1-3-5-13/h1-5,8-10H,6-7H2,(H2,24,26). The lowest BCUT2D eigenvalue weighted by atomic mass is 10.1. The number of hydrogen-bond acceptors (Lipinski definition) is 3. The molecule has 2 aromatic carbocycles. The molecule has 5 nitrogen and oxygen atoms in total. The van der Waals surface area contributed by atoms with Gasteiger partial charge < -0.3 is 5.73 Å². The molecule has 0 saturated heterocycles. The number of rotatable bonds is 6. The van der Waals surface area contributed by atoms with E-state index in [2.05, 4.69) is 0 Å². The van der Waals surface area contributed by atoms with Crippen LogP contribution in [0.5, 0.6) is 0 Å². The molecule has 0 heterocycles. The first kappa shape index (κ1) is 22.5. The number of hydrogen-bond donors (Lipinski definition) is 1. The number of primary amides is 1. The SMILES string of the molecule is NC(=O)CCN(c1ccccc1)S(=O)(=O)c1cc(C(F)(F)F)cc(C(F)(F)F)c1. The van der Waals surface area contributed by atoms with Crippen molar-refractivity contribution < 1.29 is 39.6 Å². The molecule has 0 spiro atoms. The van der Waals surface area contributed by atoms with Crippen LogP contribution >= 0.6 is 0 Å². The molecule has 2 aromatic rings. The molecule has 12 heteroatoms. The van der Waals surface area contributed by atoms with Gasteiger partial charge in [-0.15, -0.1) is 0 Å². The summed E-state index contributed by atoms with van der Waals surface area (Å²) in [6.45, 7) is -0.570. The largest absolute Gasteiger partial charge is 0.416 e. The van der Waals surface area contributed by atoms with Crippen molar-refractivity contribution in [3.63, 3.8) is 0 Å². The molecule has 0 fully saturated rings. The number of alkyl halides is 6. The van der Waals surface area contributed by atoms with Gasteiger partial charge in [0.05, 0.1) is 21.7 Å². The Morgan fingerprint density at radius 1 is 0.897 bits per heavy atom. The number of benzene rings is 2. The predicted molar refractivity (Wildman–Crippen MR) is 91.2 cm³/mol. The van der Waals surface area contributed by atoms with E-state index in [9.17, 15) is 39.6 Å². The monoisotopic (exact) mass is 440 g/mol. The van der Waals surface area contributed by atoms with Crippen LogP contribution in [0.25, 0.3) is 0 Å². The predicted octanol–water partition coefficient (Wildman–Crippen LogP) is 3.79. The Labute approximate surface area is 161 Å². The van der Waals surface area contributed by atoms with Crippen LogP contribution in [0.3, 0.4) is 0 Å². The number of carbonyl (C=O) groups is 1. The summed E-state index contributed by atoms with van der Waals surface area (Å²) < 4.78 is 105. The third-order valence-electron chi connectivity index (χ3n) is 3.75. The second-order valence-electron chi connectivity index (χ2n) is 5.87. The van der Waals surface area contributed by atoms with Crippen molar-refractivity contribution >= 4 is 21.6 Å². The van der Waals surface area contributed by atoms with Crippen LogP contribution in [0.1, 0.15) is 17.5 Å². The van der Waals surface area contributed by atoms with E-state index in [0.29, 0.717) is 4.31 Å². The Morgan fingerprint density at radius 3 is 1.79 bits per heavy atom. The van der Waals surface area contributed by atoms with Gasteiger partial charge in [-0.25, -0.2) is 8.42 Å². The van der Waals surface area contributed by atoms with Crippen LogP contribution in [0.15, 0.2) is 53.4 Å². The van der Waals surface area contributed by atoms with Crippen LogP contribution in [0.4, 0.5) is 32.0 Å². The fraction of sp³-hybridized carbons (Fsp3) is 0.235. The second-order valence-corrected chi connectivity index (χ2v) is 7.73. The average molecular weight is 440 g/mol. The summed E-state index contributed by atoms with van der Waals surface area (Å²) in [5, 5.41) is 0. The molecule has 0 radical (unpaired) electrons. The summed E-state index contributed by atoms with van der Waals surface area (Å²) in [6, 6.07) is 6.96. The number of carbonyl (C=O) groups excluding carboxylic acids is 1. The fourth-order valence-electron chi connectivity index (χ4n) is 2.40. The lowest BCUT2D eigenvalue weighted by Crippen LogP contribution is -2.34. The van der Waals surface area contributed by atoms with Crippen molar-refractivity contribution in [3.8, 4) is 0 Å². The highest BCUT2D eigenvalue weighted by molar-refractivity contribution is 7.92. The molecule has 158 valence electrons. The molecule has 0 aliphatic heterocycles. The molecule has 0 aromatic heterocycles. The molecular formula is C17H14F6N2O3S. The zero-order chi connectivity index (χ0) is 22.0. The minimum atomic E-state index is -5.21. The van der Waals surface area contributed by atoms with E-state index < -0.39 is 57.3 Å². The molecule has 2 rings (SSSR count). The highest BCUT2D eigenvalue weighted by Crippen LogP contribution is 2.38. The summed E-state index contributed by atoms with van der Waals surface area (Å²) in [7, 11) is -4.89. The molecular weight excluding hydrogens is 426 g/mol. The first-order valence-corrected chi connectivity index (χ1v) is 9.32. The lowest BCUT2D eigenvalue weighted by Gasteiger charge is -2.25. The van der Waals surface area contributed by atoms with E-state index in [-0.39, 0.29) is 23.9 Å². The number of nitrogens with two attached hydrogens (primary N) is 1. The maximum Gasteiger partial charge on any atom is 0.416 e. The number of nitrogens with zero attached hydrogens (tertiary/aromatic N) is 1. The van der Waals surface area contributed by atoms with Crippen molar-refractivity contribution in [3.05, 3.63) is 59.7 Å². The van der Waals surface area contributed by atoms with Gasteiger partial charge in [0.2, 0.25) is 5.91 Å². The van der Waals surface area contributed by atoms with Gasteiger partial charge in [-0.2, -0.15) is 26.3 Å². The average Bonchev–Trinajstić information content (AvgIpc) is 2.60. The third-order valence-corrected chi connectivity index (χ3v) is 5.56. The van der Waals surface area contributed by atoms with Gasteiger partial charge in [0.15, 0.2) is 0 Å². The molecule has 29 heavy (non-hydrogen) atoms. The van der Waals surface area contributed by atoms with E-state index >= 15 is 0 Å². The van der Waals surface area contributed by atoms with Crippen molar-refractivity contribution in [2.45, 2.75) is 23.7 Å². The van der Waals surface area contributed by atoms with Gasteiger partial charge in [0.1, 0.15) is 0 Å².